The van der Waals surface area contributed by atoms with Gasteiger partial charge in [0, 0.05) is 39.3 Å². The van der Waals surface area contributed by atoms with Crippen LogP contribution in [0.3, 0.4) is 0 Å². The van der Waals surface area contributed by atoms with Crippen LogP contribution in [0.4, 0.5) is 0 Å². The van der Waals surface area contributed by atoms with Gasteiger partial charge >= 0.3 is 0 Å². The Morgan fingerprint density at radius 2 is 1.96 bits per heavy atom. The average Bonchev–Trinajstić information content (AvgIpc) is 3.05. The predicted octanol–water partition coefficient (Wildman–Crippen LogP) is 0.913. The second kappa shape index (κ2) is 7.82. The van der Waals surface area contributed by atoms with E-state index in [2.05, 4.69) is 28.7 Å². The summed E-state index contributed by atoms with van der Waals surface area (Å²) in [6.07, 6.45) is 4.48. The lowest BCUT2D eigenvalue weighted by molar-refractivity contribution is 0.0636. The molecule has 1 aromatic rings. The molecule has 2 amide bonds. The third-order valence-electron chi connectivity index (χ3n) is 5.04. The van der Waals surface area contributed by atoms with Crippen molar-refractivity contribution >= 4 is 11.8 Å². The molecule has 2 aliphatic rings. The van der Waals surface area contributed by atoms with Crippen LogP contribution < -0.4 is 5.32 Å². The molecule has 1 saturated heterocycles. The Balaban J connectivity index is 1.83. The Hall–Kier alpha value is -2.15. The van der Waals surface area contributed by atoms with Crippen LogP contribution in [-0.2, 0) is 13.0 Å². The number of imidazole rings is 1. The van der Waals surface area contributed by atoms with E-state index in [4.69, 9.17) is 0 Å². The maximum Gasteiger partial charge on any atom is 0.287 e. The van der Waals surface area contributed by atoms with Crippen molar-refractivity contribution in [1.29, 1.82) is 0 Å². The molecule has 1 aromatic heterocycles. The zero-order chi connectivity index (χ0) is 17.8. The van der Waals surface area contributed by atoms with Gasteiger partial charge in [0.25, 0.3) is 11.8 Å². The predicted molar refractivity (Wildman–Crippen MR) is 95.7 cm³/mol. The molecule has 0 unspecified atom stereocenters. The minimum Gasteiger partial charge on any atom is -0.346 e. The van der Waals surface area contributed by atoms with Gasteiger partial charge in [0.2, 0.25) is 0 Å². The number of carbonyl (C=O) groups excluding carboxylic acids is 2. The number of nitrogens with zero attached hydrogens (tertiary/aromatic N) is 4. The van der Waals surface area contributed by atoms with E-state index in [0.29, 0.717) is 18.1 Å². The molecule has 7 heteroatoms. The Morgan fingerprint density at radius 1 is 1.20 bits per heavy atom. The van der Waals surface area contributed by atoms with Crippen molar-refractivity contribution in [3.8, 4) is 0 Å². The summed E-state index contributed by atoms with van der Waals surface area (Å²) in [5, 5.41) is 2.77. The third kappa shape index (κ3) is 3.61. The minimum absolute atomic E-state index is 0.0378. The number of piperazine rings is 1. The highest BCUT2D eigenvalue weighted by Crippen LogP contribution is 2.22. The van der Waals surface area contributed by atoms with Gasteiger partial charge < -0.3 is 19.7 Å². The lowest BCUT2D eigenvalue weighted by Gasteiger charge is -2.33. The first-order chi connectivity index (χ1) is 12.2. The van der Waals surface area contributed by atoms with Crippen LogP contribution in [0.2, 0.25) is 0 Å². The van der Waals surface area contributed by atoms with Gasteiger partial charge in [0.15, 0.2) is 5.82 Å². The molecule has 2 aliphatic heterocycles. The summed E-state index contributed by atoms with van der Waals surface area (Å²) in [6, 6.07) is 0. The van der Waals surface area contributed by atoms with Gasteiger partial charge in [-0.05, 0) is 25.8 Å². The molecule has 0 saturated carbocycles. The molecule has 136 valence electrons. The summed E-state index contributed by atoms with van der Waals surface area (Å²) in [5.74, 6) is 0.0779. The van der Waals surface area contributed by atoms with Crippen molar-refractivity contribution < 1.29 is 9.59 Å². The summed E-state index contributed by atoms with van der Waals surface area (Å²) >= 11 is 0. The molecular formula is C18H27N5O2. The first kappa shape index (κ1) is 17.7. The van der Waals surface area contributed by atoms with E-state index in [-0.39, 0.29) is 11.8 Å². The Bertz CT molecular complexity index is 659. The highest BCUT2D eigenvalue weighted by atomic mass is 16.2. The molecule has 1 N–H and O–H groups in total. The van der Waals surface area contributed by atoms with E-state index < -0.39 is 0 Å². The molecule has 0 atom stereocenters. The second-order valence-electron chi connectivity index (χ2n) is 6.56. The largest absolute Gasteiger partial charge is 0.346 e. The zero-order valence-corrected chi connectivity index (χ0v) is 15.0. The SMILES string of the molecule is C=CCNC(=O)c1nc(C(=O)N2CCN(CC)CC2)c2n1CCCC2. The van der Waals surface area contributed by atoms with Gasteiger partial charge in [0.1, 0.15) is 5.69 Å². The van der Waals surface area contributed by atoms with Crippen LogP contribution in [0.5, 0.6) is 0 Å². The molecule has 3 heterocycles. The van der Waals surface area contributed by atoms with Gasteiger partial charge in [0.05, 0.1) is 5.69 Å². The van der Waals surface area contributed by atoms with Crippen LogP contribution in [-0.4, -0.2) is 70.4 Å². The van der Waals surface area contributed by atoms with E-state index in [1.54, 1.807) is 6.08 Å². The molecule has 1 fully saturated rings. The van der Waals surface area contributed by atoms with Crippen molar-refractivity contribution in [1.82, 2.24) is 24.7 Å². The van der Waals surface area contributed by atoms with Crippen LogP contribution >= 0.6 is 0 Å². The topological polar surface area (TPSA) is 70.5 Å². The fourth-order valence-corrected chi connectivity index (χ4v) is 3.55. The van der Waals surface area contributed by atoms with Gasteiger partial charge in [-0.1, -0.05) is 13.0 Å². The number of nitrogens with one attached hydrogen (secondary N) is 1. The molecule has 0 bridgehead atoms. The van der Waals surface area contributed by atoms with Crippen molar-refractivity contribution in [2.75, 3.05) is 39.3 Å². The summed E-state index contributed by atoms with van der Waals surface area (Å²) in [5.41, 5.74) is 1.38. The minimum atomic E-state index is -0.238. The number of amides is 2. The molecule has 0 radical (unpaired) electrons. The van der Waals surface area contributed by atoms with Crippen LogP contribution in [0.15, 0.2) is 12.7 Å². The molecule has 7 nitrogen and oxygen atoms in total. The first-order valence-corrected chi connectivity index (χ1v) is 9.15. The third-order valence-corrected chi connectivity index (χ3v) is 5.04. The van der Waals surface area contributed by atoms with E-state index in [0.717, 1.165) is 64.2 Å². The van der Waals surface area contributed by atoms with E-state index in [9.17, 15) is 9.59 Å². The maximum atomic E-state index is 13.0. The van der Waals surface area contributed by atoms with Crippen LogP contribution in [0, 0.1) is 0 Å². The van der Waals surface area contributed by atoms with Gasteiger partial charge in [-0.2, -0.15) is 0 Å². The molecule has 0 aromatic carbocycles. The van der Waals surface area contributed by atoms with Crippen LogP contribution in [0.25, 0.3) is 0 Å². The number of carbonyl (C=O) groups is 2. The van der Waals surface area contributed by atoms with E-state index >= 15 is 0 Å². The van der Waals surface area contributed by atoms with Gasteiger partial charge in [-0.3, -0.25) is 9.59 Å². The zero-order valence-electron chi connectivity index (χ0n) is 15.0. The number of likely N-dealkylation sites (N-methyl/N-ethyl adjacent to an activating group) is 1. The number of aromatic nitrogens is 2. The lowest BCUT2D eigenvalue weighted by Crippen LogP contribution is -2.48. The fraction of sp³-hybridized carbons (Fsp3) is 0.611. The quantitative estimate of drug-likeness (QED) is 0.806. The average molecular weight is 345 g/mol. The highest BCUT2D eigenvalue weighted by molar-refractivity contribution is 5.97. The van der Waals surface area contributed by atoms with Crippen molar-refractivity contribution in [3.05, 3.63) is 29.9 Å². The van der Waals surface area contributed by atoms with Gasteiger partial charge in [-0.25, -0.2) is 4.98 Å². The molecule has 0 aliphatic carbocycles. The smallest absolute Gasteiger partial charge is 0.287 e. The normalized spacial score (nSPS) is 17.9. The number of hydrogen-bond acceptors (Lipinski definition) is 4. The lowest BCUT2D eigenvalue weighted by atomic mass is 10.1. The highest BCUT2D eigenvalue weighted by Gasteiger charge is 2.30. The Labute approximate surface area is 148 Å². The Kier molecular flexibility index (Phi) is 5.53. The second-order valence-corrected chi connectivity index (χ2v) is 6.56. The van der Waals surface area contributed by atoms with Crippen LogP contribution in [0.1, 0.15) is 46.6 Å². The number of fused-ring (bicyclic) bond motifs is 1. The van der Waals surface area contributed by atoms with Gasteiger partial charge in [-0.15, -0.1) is 6.58 Å². The van der Waals surface area contributed by atoms with Crippen molar-refractivity contribution in [2.24, 2.45) is 0 Å². The molecule has 0 spiro atoms. The van der Waals surface area contributed by atoms with Crippen molar-refractivity contribution in [2.45, 2.75) is 32.7 Å². The maximum absolute atomic E-state index is 13.0. The Morgan fingerprint density at radius 3 is 2.64 bits per heavy atom. The summed E-state index contributed by atoms with van der Waals surface area (Å²) in [6.45, 7) is 11.1. The number of hydrogen-bond donors (Lipinski definition) is 1. The molecular weight excluding hydrogens is 318 g/mol. The van der Waals surface area contributed by atoms with Crippen molar-refractivity contribution in [3.63, 3.8) is 0 Å². The van der Waals surface area contributed by atoms with E-state index in [1.807, 2.05) is 9.47 Å². The molecule has 25 heavy (non-hydrogen) atoms. The number of rotatable bonds is 5. The van der Waals surface area contributed by atoms with E-state index in [1.165, 1.54) is 0 Å². The summed E-state index contributed by atoms with van der Waals surface area (Å²) in [7, 11) is 0. The standard InChI is InChI=1S/C18H27N5O2/c1-3-8-19-17(24)16-20-15(14-7-5-6-9-23(14)16)18(25)22-12-10-21(4-2)11-13-22/h3H,1,4-13H2,2H3,(H,19,24). The fourth-order valence-electron chi connectivity index (χ4n) is 3.55. The monoisotopic (exact) mass is 345 g/mol. The summed E-state index contributed by atoms with van der Waals surface area (Å²) in [4.78, 5) is 34.1. The molecule has 3 rings (SSSR count). The summed E-state index contributed by atoms with van der Waals surface area (Å²) < 4.78 is 1.93. The first-order valence-electron chi connectivity index (χ1n) is 9.15.